The van der Waals surface area contributed by atoms with Crippen molar-refractivity contribution in [1.82, 2.24) is 5.32 Å². The van der Waals surface area contributed by atoms with Gasteiger partial charge >= 0.3 is 0 Å². The van der Waals surface area contributed by atoms with E-state index in [0.29, 0.717) is 18.1 Å². The molecule has 90 valence electrons. The van der Waals surface area contributed by atoms with Crippen molar-refractivity contribution in [2.45, 2.75) is 59.2 Å². The third kappa shape index (κ3) is 4.98. The second kappa shape index (κ2) is 6.49. The predicted octanol–water partition coefficient (Wildman–Crippen LogP) is 2.83. The maximum absolute atomic E-state index is 6.07. The number of nitrogens with one attached hydrogen (secondary N) is 1. The largest absolute Gasteiger partial charge is 0.373 e. The van der Waals surface area contributed by atoms with Crippen molar-refractivity contribution in [2.75, 3.05) is 13.1 Å². The van der Waals surface area contributed by atoms with Crippen LogP contribution in [0.3, 0.4) is 0 Å². The first-order valence-electron chi connectivity index (χ1n) is 6.45. The molecule has 0 bridgehead atoms. The predicted molar refractivity (Wildman–Crippen MR) is 65.1 cm³/mol. The van der Waals surface area contributed by atoms with Gasteiger partial charge in [0.25, 0.3) is 0 Å². The van der Waals surface area contributed by atoms with E-state index in [1.165, 1.54) is 19.3 Å². The fraction of sp³-hybridized carbons (Fsp3) is 1.00. The fourth-order valence-electron chi connectivity index (χ4n) is 1.71. The highest BCUT2D eigenvalue weighted by atomic mass is 16.5. The average Bonchev–Trinajstić information content (AvgIpc) is 2.06. The second-order valence-electron chi connectivity index (χ2n) is 5.52. The molecule has 0 aromatic carbocycles. The van der Waals surface area contributed by atoms with E-state index in [-0.39, 0.29) is 0 Å². The standard InChI is InChI=1S/C13H27NO/c1-10(2)8-14-9-13(11(3)4)15-12-6-5-7-12/h10-14H,5-9H2,1-4H3. The van der Waals surface area contributed by atoms with Crippen LogP contribution in [0.1, 0.15) is 47.0 Å². The molecule has 0 saturated heterocycles. The Bertz CT molecular complexity index is 164. The molecule has 1 saturated carbocycles. The lowest BCUT2D eigenvalue weighted by atomic mass is 9.95. The van der Waals surface area contributed by atoms with Gasteiger partial charge in [-0.3, -0.25) is 0 Å². The number of hydrogen-bond donors (Lipinski definition) is 1. The fourth-order valence-corrected chi connectivity index (χ4v) is 1.71. The summed E-state index contributed by atoms with van der Waals surface area (Å²) in [5.74, 6) is 1.34. The molecule has 0 amide bonds. The first-order valence-corrected chi connectivity index (χ1v) is 6.45. The van der Waals surface area contributed by atoms with Gasteiger partial charge in [-0.1, -0.05) is 27.7 Å². The van der Waals surface area contributed by atoms with E-state index >= 15 is 0 Å². The first kappa shape index (κ1) is 13.0. The van der Waals surface area contributed by atoms with Gasteiger partial charge in [0.15, 0.2) is 0 Å². The Morgan fingerprint density at radius 1 is 1.13 bits per heavy atom. The van der Waals surface area contributed by atoms with Crippen molar-refractivity contribution in [2.24, 2.45) is 11.8 Å². The zero-order valence-corrected chi connectivity index (χ0v) is 10.8. The van der Waals surface area contributed by atoms with Crippen LogP contribution in [0.5, 0.6) is 0 Å². The minimum atomic E-state index is 0.397. The van der Waals surface area contributed by atoms with Crippen LogP contribution in [-0.2, 0) is 4.74 Å². The van der Waals surface area contributed by atoms with E-state index in [9.17, 15) is 0 Å². The Labute approximate surface area is 94.8 Å². The van der Waals surface area contributed by atoms with Gasteiger partial charge in [0, 0.05) is 6.54 Å². The van der Waals surface area contributed by atoms with Gasteiger partial charge < -0.3 is 10.1 Å². The highest BCUT2D eigenvalue weighted by Crippen LogP contribution is 2.24. The van der Waals surface area contributed by atoms with Crippen LogP contribution in [0, 0.1) is 11.8 Å². The summed E-state index contributed by atoms with van der Waals surface area (Å²) in [4.78, 5) is 0. The number of ether oxygens (including phenoxy) is 1. The Morgan fingerprint density at radius 3 is 2.20 bits per heavy atom. The van der Waals surface area contributed by atoms with E-state index < -0.39 is 0 Å². The maximum atomic E-state index is 6.07. The molecular weight excluding hydrogens is 186 g/mol. The van der Waals surface area contributed by atoms with Crippen molar-refractivity contribution in [1.29, 1.82) is 0 Å². The van der Waals surface area contributed by atoms with Crippen LogP contribution >= 0.6 is 0 Å². The van der Waals surface area contributed by atoms with E-state index in [1.807, 2.05) is 0 Å². The summed E-state index contributed by atoms with van der Waals surface area (Å²) in [7, 11) is 0. The molecule has 1 unspecified atom stereocenters. The van der Waals surface area contributed by atoms with Crippen LogP contribution in [-0.4, -0.2) is 25.3 Å². The molecule has 1 rings (SSSR count). The minimum Gasteiger partial charge on any atom is -0.373 e. The van der Waals surface area contributed by atoms with Crippen molar-refractivity contribution in [3.05, 3.63) is 0 Å². The molecule has 1 aliphatic carbocycles. The normalized spacial score (nSPS) is 19.6. The average molecular weight is 213 g/mol. The highest BCUT2D eigenvalue weighted by Gasteiger charge is 2.24. The molecule has 15 heavy (non-hydrogen) atoms. The lowest BCUT2D eigenvalue weighted by Gasteiger charge is -2.32. The lowest BCUT2D eigenvalue weighted by Crippen LogP contribution is -2.39. The van der Waals surface area contributed by atoms with Gasteiger partial charge in [-0.2, -0.15) is 0 Å². The molecule has 0 aliphatic heterocycles. The van der Waals surface area contributed by atoms with Gasteiger partial charge in [0.2, 0.25) is 0 Å². The zero-order chi connectivity index (χ0) is 11.3. The number of rotatable bonds is 7. The van der Waals surface area contributed by atoms with E-state index in [0.717, 1.165) is 19.0 Å². The van der Waals surface area contributed by atoms with Gasteiger partial charge in [0.1, 0.15) is 0 Å². The van der Waals surface area contributed by atoms with E-state index in [2.05, 4.69) is 33.0 Å². The van der Waals surface area contributed by atoms with Crippen LogP contribution in [0.25, 0.3) is 0 Å². The third-order valence-corrected chi connectivity index (χ3v) is 3.06. The first-order chi connectivity index (χ1) is 7.09. The van der Waals surface area contributed by atoms with Crippen molar-refractivity contribution in [3.8, 4) is 0 Å². The molecule has 2 nitrogen and oxygen atoms in total. The Balaban J connectivity index is 2.17. The third-order valence-electron chi connectivity index (χ3n) is 3.06. The molecule has 0 radical (unpaired) electrons. The van der Waals surface area contributed by atoms with Crippen LogP contribution in [0.4, 0.5) is 0 Å². The molecule has 2 heteroatoms. The lowest BCUT2D eigenvalue weighted by molar-refractivity contribution is -0.0686. The zero-order valence-electron chi connectivity index (χ0n) is 10.8. The topological polar surface area (TPSA) is 21.3 Å². The van der Waals surface area contributed by atoms with Gasteiger partial charge in [-0.25, -0.2) is 0 Å². The molecule has 0 aromatic heterocycles. The Morgan fingerprint density at radius 2 is 1.80 bits per heavy atom. The smallest absolute Gasteiger partial charge is 0.0726 e. The summed E-state index contributed by atoms with van der Waals surface area (Å²) < 4.78 is 6.07. The summed E-state index contributed by atoms with van der Waals surface area (Å²) in [6.07, 6.45) is 4.85. The Kier molecular flexibility index (Phi) is 5.62. The molecule has 0 aromatic rings. The molecule has 1 aliphatic rings. The molecular formula is C13H27NO. The monoisotopic (exact) mass is 213 g/mol. The maximum Gasteiger partial charge on any atom is 0.0726 e. The number of hydrogen-bond acceptors (Lipinski definition) is 2. The summed E-state index contributed by atoms with van der Waals surface area (Å²) in [5, 5.41) is 3.49. The van der Waals surface area contributed by atoms with Crippen molar-refractivity contribution < 1.29 is 4.74 Å². The summed E-state index contributed by atoms with van der Waals surface area (Å²) >= 11 is 0. The van der Waals surface area contributed by atoms with Gasteiger partial charge in [0.05, 0.1) is 12.2 Å². The van der Waals surface area contributed by atoms with Gasteiger partial charge in [-0.15, -0.1) is 0 Å². The van der Waals surface area contributed by atoms with Crippen LogP contribution < -0.4 is 5.32 Å². The Hall–Kier alpha value is -0.0800. The molecule has 0 heterocycles. The van der Waals surface area contributed by atoms with Crippen molar-refractivity contribution >= 4 is 0 Å². The summed E-state index contributed by atoms with van der Waals surface area (Å²) in [6, 6.07) is 0. The SMILES string of the molecule is CC(C)CNCC(OC1CCC1)C(C)C. The van der Waals surface area contributed by atoms with Gasteiger partial charge in [-0.05, 0) is 37.6 Å². The minimum absolute atomic E-state index is 0.397. The summed E-state index contributed by atoms with van der Waals surface area (Å²) in [5.41, 5.74) is 0. The second-order valence-corrected chi connectivity index (χ2v) is 5.52. The van der Waals surface area contributed by atoms with Crippen LogP contribution in [0.15, 0.2) is 0 Å². The molecule has 1 fully saturated rings. The molecule has 1 atom stereocenters. The van der Waals surface area contributed by atoms with E-state index in [4.69, 9.17) is 4.74 Å². The molecule has 0 spiro atoms. The molecule has 1 N–H and O–H groups in total. The highest BCUT2D eigenvalue weighted by molar-refractivity contribution is 4.74. The van der Waals surface area contributed by atoms with Crippen molar-refractivity contribution in [3.63, 3.8) is 0 Å². The summed E-state index contributed by atoms with van der Waals surface area (Å²) in [6.45, 7) is 11.1. The van der Waals surface area contributed by atoms with Crippen LogP contribution in [0.2, 0.25) is 0 Å². The quantitative estimate of drug-likeness (QED) is 0.702. The van der Waals surface area contributed by atoms with E-state index in [1.54, 1.807) is 0 Å².